The zero-order chi connectivity index (χ0) is 13.5. The summed E-state index contributed by atoms with van der Waals surface area (Å²) >= 11 is 0. The highest BCUT2D eigenvalue weighted by Crippen LogP contribution is 2.14. The number of rotatable bonds is 4. The van der Waals surface area contributed by atoms with E-state index in [1.165, 1.54) is 6.08 Å². The molecule has 0 aliphatic rings. The number of aromatic nitrogens is 1. The summed E-state index contributed by atoms with van der Waals surface area (Å²) in [6, 6.07) is 2.86. The van der Waals surface area contributed by atoms with Gasteiger partial charge >= 0.3 is 12.1 Å². The summed E-state index contributed by atoms with van der Waals surface area (Å²) in [5, 5.41) is 19.7. The summed E-state index contributed by atoms with van der Waals surface area (Å²) in [7, 11) is 0. The van der Waals surface area contributed by atoms with Gasteiger partial charge in [0.05, 0.1) is 5.56 Å². The van der Waals surface area contributed by atoms with Gasteiger partial charge in [0.15, 0.2) is 0 Å². The van der Waals surface area contributed by atoms with E-state index < -0.39 is 12.1 Å². The fourth-order valence-electron chi connectivity index (χ4n) is 1.06. The summed E-state index contributed by atoms with van der Waals surface area (Å²) < 4.78 is 4.62. The molecule has 1 aromatic rings. The minimum absolute atomic E-state index is 0.00941. The zero-order valence-corrected chi connectivity index (χ0v) is 9.21. The van der Waals surface area contributed by atoms with Crippen molar-refractivity contribution >= 4 is 17.9 Å². The number of nitrogens with one attached hydrogen (secondary N) is 1. The van der Waals surface area contributed by atoms with Crippen LogP contribution in [0.1, 0.15) is 15.9 Å². The molecule has 0 atom stereocenters. The second-order valence-electron chi connectivity index (χ2n) is 3.05. The van der Waals surface area contributed by atoms with Crippen molar-refractivity contribution in [3.05, 3.63) is 36.0 Å². The van der Waals surface area contributed by atoms with E-state index in [4.69, 9.17) is 10.4 Å². The quantitative estimate of drug-likeness (QED) is 0.777. The van der Waals surface area contributed by atoms with E-state index in [2.05, 4.69) is 21.6 Å². The van der Waals surface area contributed by atoms with Crippen LogP contribution in [0.2, 0.25) is 0 Å². The Balaban J connectivity index is 2.95. The third-order valence-corrected chi connectivity index (χ3v) is 1.80. The lowest BCUT2D eigenvalue weighted by molar-refractivity contribution is 0.0697. The Kier molecular flexibility index (Phi) is 4.40. The molecule has 0 saturated carbocycles. The molecule has 2 N–H and O–H groups in total. The van der Waals surface area contributed by atoms with Crippen molar-refractivity contribution in [1.82, 2.24) is 4.98 Å². The van der Waals surface area contributed by atoms with Gasteiger partial charge in [-0.3, -0.25) is 5.32 Å². The molecule has 0 unspecified atom stereocenters. The average Bonchev–Trinajstić information content (AvgIpc) is 2.36. The van der Waals surface area contributed by atoms with Gasteiger partial charge in [0.25, 0.3) is 0 Å². The van der Waals surface area contributed by atoms with Gasteiger partial charge in [0.1, 0.15) is 24.1 Å². The molecule has 0 aliphatic carbocycles. The molecule has 0 bridgehead atoms. The molecule has 7 heteroatoms. The van der Waals surface area contributed by atoms with Gasteiger partial charge in [-0.25, -0.2) is 14.6 Å². The summed E-state index contributed by atoms with van der Waals surface area (Å²) in [5.74, 6) is -1.49. The number of aromatic carboxylic acids is 1. The third-order valence-electron chi connectivity index (χ3n) is 1.80. The molecule has 0 aliphatic heterocycles. The third kappa shape index (κ3) is 3.31. The number of carboxylic acids is 1. The van der Waals surface area contributed by atoms with Crippen LogP contribution in [-0.2, 0) is 4.74 Å². The Labute approximate surface area is 102 Å². The predicted octanol–water partition coefficient (Wildman–Crippen LogP) is 1.39. The van der Waals surface area contributed by atoms with E-state index in [0.29, 0.717) is 0 Å². The van der Waals surface area contributed by atoms with Crippen LogP contribution >= 0.6 is 0 Å². The number of amides is 1. The molecule has 18 heavy (non-hydrogen) atoms. The van der Waals surface area contributed by atoms with Crippen LogP contribution in [0.25, 0.3) is 0 Å². The average molecular weight is 247 g/mol. The van der Waals surface area contributed by atoms with Crippen molar-refractivity contribution < 1.29 is 19.4 Å². The van der Waals surface area contributed by atoms with E-state index >= 15 is 0 Å². The van der Waals surface area contributed by atoms with Crippen molar-refractivity contribution in [2.24, 2.45) is 0 Å². The minimum Gasteiger partial charge on any atom is -0.478 e. The first kappa shape index (κ1) is 13.2. The zero-order valence-electron chi connectivity index (χ0n) is 9.21. The molecule has 0 radical (unpaired) electrons. The lowest BCUT2D eigenvalue weighted by Crippen LogP contribution is -2.17. The number of hydrogen-bond acceptors (Lipinski definition) is 5. The van der Waals surface area contributed by atoms with Crippen LogP contribution < -0.4 is 5.32 Å². The topological polar surface area (TPSA) is 112 Å². The molecular formula is C11H9N3O4. The number of carbonyl (C=O) groups is 2. The van der Waals surface area contributed by atoms with Gasteiger partial charge in [-0.1, -0.05) is 12.7 Å². The molecule has 1 rings (SSSR count). The summed E-state index contributed by atoms with van der Waals surface area (Å²) in [6.07, 6.45) is 1.66. The van der Waals surface area contributed by atoms with Crippen molar-refractivity contribution in [3.8, 4) is 6.07 Å². The maximum Gasteiger partial charge on any atom is 0.413 e. The number of nitriles is 1. The molecule has 0 aromatic carbocycles. The van der Waals surface area contributed by atoms with Gasteiger partial charge in [0.2, 0.25) is 0 Å². The molecule has 1 heterocycles. The molecule has 7 nitrogen and oxygen atoms in total. The van der Waals surface area contributed by atoms with E-state index in [1.54, 1.807) is 6.07 Å². The Hall–Kier alpha value is -2.88. The van der Waals surface area contributed by atoms with Crippen LogP contribution in [0, 0.1) is 11.3 Å². The predicted molar refractivity (Wildman–Crippen MR) is 61.1 cm³/mol. The molecule has 0 fully saturated rings. The first-order chi connectivity index (χ1) is 8.58. The number of nitrogens with zero attached hydrogens (tertiary/aromatic N) is 2. The smallest absolute Gasteiger partial charge is 0.413 e. The molecule has 92 valence electrons. The van der Waals surface area contributed by atoms with E-state index in [9.17, 15) is 9.59 Å². The fraction of sp³-hybridized carbons (Fsp3) is 0.0909. The van der Waals surface area contributed by atoms with Gasteiger partial charge in [0, 0.05) is 6.20 Å². The Morgan fingerprint density at radius 3 is 2.94 bits per heavy atom. The summed E-state index contributed by atoms with van der Waals surface area (Å²) in [6.45, 7) is 3.35. The number of carboxylic acid groups (broad SMARTS) is 1. The number of pyridine rings is 1. The molecule has 0 saturated heterocycles. The van der Waals surface area contributed by atoms with Crippen LogP contribution in [0.5, 0.6) is 0 Å². The highest BCUT2D eigenvalue weighted by atomic mass is 16.5. The van der Waals surface area contributed by atoms with Crippen LogP contribution in [0.15, 0.2) is 24.9 Å². The minimum atomic E-state index is -1.31. The van der Waals surface area contributed by atoms with Crippen LogP contribution in [0.3, 0.4) is 0 Å². The Morgan fingerprint density at radius 2 is 2.39 bits per heavy atom. The Morgan fingerprint density at radius 1 is 1.67 bits per heavy atom. The SMILES string of the molecule is C=CCOC(=O)Nc1ncc(C#N)cc1C(=O)O. The van der Waals surface area contributed by atoms with Crippen molar-refractivity contribution in [2.75, 3.05) is 11.9 Å². The number of hydrogen-bond donors (Lipinski definition) is 2. The van der Waals surface area contributed by atoms with Gasteiger partial charge < -0.3 is 9.84 Å². The summed E-state index contributed by atoms with van der Waals surface area (Å²) in [5.41, 5.74) is -0.206. The maximum absolute atomic E-state index is 11.2. The molecule has 1 aromatic heterocycles. The fourth-order valence-corrected chi connectivity index (χ4v) is 1.06. The van der Waals surface area contributed by atoms with E-state index in [1.807, 2.05) is 0 Å². The van der Waals surface area contributed by atoms with E-state index in [-0.39, 0.29) is 23.6 Å². The van der Waals surface area contributed by atoms with Crippen molar-refractivity contribution in [3.63, 3.8) is 0 Å². The second-order valence-corrected chi connectivity index (χ2v) is 3.05. The van der Waals surface area contributed by atoms with Gasteiger partial charge in [-0.15, -0.1) is 0 Å². The summed E-state index contributed by atoms with van der Waals surface area (Å²) in [4.78, 5) is 25.8. The number of carbonyl (C=O) groups excluding carboxylic acids is 1. The van der Waals surface area contributed by atoms with Crippen molar-refractivity contribution in [2.45, 2.75) is 0 Å². The first-order valence-corrected chi connectivity index (χ1v) is 4.76. The Bertz CT molecular complexity index is 534. The van der Waals surface area contributed by atoms with Crippen LogP contribution in [0.4, 0.5) is 10.6 Å². The first-order valence-electron chi connectivity index (χ1n) is 4.76. The number of anilines is 1. The van der Waals surface area contributed by atoms with Crippen molar-refractivity contribution in [1.29, 1.82) is 5.26 Å². The number of ether oxygens (including phenoxy) is 1. The maximum atomic E-state index is 11.2. The largest absolute Gasteiger partial charge is 0.478 e. The van der Waals surface area contributed by atoms with Gasteiger partial charge in [-0.2, -0.15) is 5.26 Å². The monoisotopic (exact) mass is 247 g/mol. The second kappa shape index (κ2) is 6.00. The van der Waals surface area contributed by atoms with E-state index in [0.717, 1.165) is 12.3 Å². The van der Waals surface area contributed by atoms with Crippen LogP contribution in [-0.4, -0.2) is 28.8 Å². The molecule has 0 spiro atoms. The lowest BCUT2D eigenvalue weighted by atomic mass is 10.2. The highest BCUT2D eigenvalue weighted by molar-refractivity contribution is 5.97. The lowest BCUT2D eigenvalue weighted by Gasteiger charge is -2.07. The normalized spacial score (nSPS) is 9.06. The van der Waals surface area contributed by atoms with Gasteiger partial charge in [-0.05, 0) is 6.07 Å². The highest BCUT2D eigenvalue weighted by Gasteiger charge is 2.15. The molecule has 1 amide bonds. The molecular weight excluding hydrogens is 238 g/mol. The standard InChI is InChI=1S/C11H9N3O4/c1-2-3-18-11(17)14-9-8(10(15)16)4-7(5-12)6-13-9/h2,4,6H,1,3H2,(H,15,16)(H,13,14,17).